The summed E-state index contributed by atoms with van der Waals surface area (Å²) >= 11 is 6.60. The van der Waals surface area contributed by atoms with Crippen LogP contribution in [0.25, 0.3) is 0 Å². The van der Waals surface area contributed by atoms with Gasteiger partial charge in [0.05, 0.1) is 16.3 Å². The van der Waals surface area contributed by atoms with Gasteiger partial charge in [0, 0.05) is 6.20 Å². The Morgan fingerprint density at radius 1 is 1.24 bits per heavy atom. The molecule has 12 heteroatoms. The van der Waals surface area contributed by atoms with Crippen LogP contribution in [0.5, 0.6) is 11.5 Å². The number of nitrogens with zero attached hydrogens (tertiary/aromatic N) is 1. The van der Waals surface area contributed by atoms with Gasteiger partial charge >= 0.3 is 6.18 Å². The fourth-order valence-electron chi connectivity index (χ4n) is 2.22. The van der Waals surface area contributed by atoms with Gasteiger partial charge in [-0.05, 0) is 18.2 Å². The predicted octanol–water partition coefficient (Wildman–Crippen LogP) is 2.83. The molecular weight excluding hydrogens is 435 g/mol. The third kappa shape index (κ3) is 5.45. The summed E-state index contributed by atoms with van der Waals surface area (Å²) in [5.41, 5.74) is 3.40. The highest BCUT2D eigenvalue weighted by Crippen LogP contribution is 2.33. The third-order valence-electron chi connectivity index (χ3n) is 3.60. The number of carbonyl (C=O) groups excluding carboxylic acids is 2. The van der Waals surface area contributed by atoms with Gasteiger partial charge in [-0.25, -0.2) is 4.98 Å². The van der Waals surface area contributed by atoms with Gasteiger partial charge in [-0.2, -0.15) is 13.2 Å². The molecule has 1 aromatic carbocycles. The van der Waals surface area contributed by atoms with Crippen LogP contribution in [0.4, 0.5) is 13.2 Å². The van der Waals surface area contributed by atoms with Crippen LogP contribution in [0.1, 0.15) is 5.56 Å². The van der Waals surface area contributed by atoms with E-state index >= 15 is 0 Å². The number of hydrogen-bond donors (Lipinski definition) is 2. The molecule has 1 atom stereocenters. The Labute approximate surface area is 171 Å². The van der Waals surface area contributed by atoms with E-state index in [2.05, 4.69) is 15.8 Å². The summed E-state index contributed by atoms with van der Waals surface area (Å²) in [5, 5.41) is -0.171. The van der Waals surface area contributed by atoms with Crippen LogP contribution < -0.4 is 20.3 Å². The number of hydrogen-bond acceptors (Lipinski definition) is 6. The van der Waals surface area contributed by atoms with Gasteiger partial charge < -0.3 is 9.47 Å². The number of carbonyl (C=O) groups is 2. The lowest BCUT2D eigenvalue weighted by Gasteiger charge is -2.25. The lowest BCUT2D eigenvalue weighted by atomic mass is 10.2. The van der Waals surface area contributed by atoms with E-state index in [1.165, 1.54) is 0 Å². The van der Waals surface area contributed by atoms with Gasteiger partial charge in [0.1, 0.15) is 11.6 Å². The number of alkyl halides is 3. The van der Waals surface area contributed by atoms with Crippen molar-refractivity contribution in [1.82, 2.24) is 15.8 Å². The first kappa shape index (κ1) is 21.1. The highest BCUT2D eigenvalue weighted by molar-refractivity contribution is 8.00. The van der Waals surface area contributed by atoms with Gasteiger partial charge in [-0.1, -0.05) is 35.5 Å². The number of halogens is 4. The summed E-state index contributed by atoms with van der Waals surface area (Å²) in [7, 11) is 0. The molecule has 0 saturated carbocycles. The van der Waals surface area contributed by atoms with E-state index in [1.807, 2.05) is 0 Å². The van der Waals surface area contributed by atoms with Crippen LogP contribution >= 0.6 is 23.4 Å². The zero-order valence-corrected chi connectivity index (χ0v) is 16.0. The minimum atomic E-state index is -4.56. The largest absolute Gasteiger partial charge is 0.485 e. The third-order valence-corrected chi connectivity index (χ3v) is 5.01. The summed E-state index contributed by atoms with van der Waals surface area (Å²) in [6, 6.07) is 7.56. The quantitative estimate of drug-likeness (QED) is 0.553. The van der Waals surface area contributed by atoms with Crippen molar-refractivity contribution in [2.24, 2.45) is 0 Å². The van der Waals surface area contributed by atoms with Crippen molar-refractivity contribution in [3.63, 3.8) is 0 Å². The number of aromatic nitrogens is 1. The molecule has 0 spiro atoms. The standard InChI is InChI=1S/C17H13ClF3N3O4S/c18-10-5-9(17(19,20)21)6-22-16(10)29-8-14(25)23-24-15(26)13-7-27-11-3-1-2-4-12(11)28-13/h1-6,13H,7-8H2,(H,23,25)(H,24,26)/t13-/m1/s1. The summed E-state index contributed by atoms with van der Waals surface area (Å²) in [6.07, 6.45) is -4.89. The second-order valence-corrected chi connectivity index (χ2v) is 7.07. The van der Waals surface area contributed by atoms with Crippen LogP contribution in [0.3, 0.4) is 0 Å². The summed E-state index contributed by atoms with van der Waals surface area (Å²) in [5.74, 6) is -0.549. The van der Waals surface area contributed by atoms with Crippen LogP contribution in [0.15, 0.2) is 41.6 Å². The van der Waals surface area contributed by atoms with Crippen LogP contribution in [-0.2, 0) is 15.8 Å². The van der Waals surface area contributed by atoms with E-state index < -0.39 is 29.7 Å². The summed E-state index contributed by atoms with van der Waals surface area (Å²) in [4.78, 5) is 27.6. The number of thioether (sulfide) groups is 1. The molecule has 2 aromatic rings. The zero-order chi connectivity index (χ0) is 21.0. The van der Waals surface area contributed by atoms with Gasteiger partial charge in [0.2, 0.25) is 12.0 Å². The van der Waals surface area contributed by atoms with E-state index in [4.69, 9.17) is 21.1 Å². The van der Waals surface area contributed by atoms with Gasteiger partial charge in [0.25, 0.3) is 5.91 Å². The average Bonchev–Trinajstić information content (AvgIpc) is 2.70. The Kier molecular flexibility index (Phi) is 6.38. The minimum absolute atomic E-state index is 0.0292. The molecular formula is C17H13ClF3N3O4S. The van der Waals surface area contributed by atoms with Gasteiger partial charge in [-0.3, -0.25) is 20.4 Å². The molecule has 2 heterocycles. The lowest BCUT2D eigenvalue weighted by Crippen LogP contribution is -2.51. The molecule has 2 N–H and O–H groups in total. The Bertz CT molecular complexity index is 929. The first-order valence-corrected chi connectivity index (χ1v) is 9.43. The van der Waals surface area contributed by atoms with Crippen molar-refractivity contribution in [1.29, 1.82) is 0 Å². The molecule has 3 rings (SSSR count). The van der Waals surface area contributed by atoms with Crippen molar-refractivity contribution in [2.45, 2.75) is 17.3 Å². The maximum Gasteiger partial charge on any atom is 0.417 e. The van der Waals surface area contributed by atoms with Crippen molar-refractivity contribution < 1.29 is 32.2 Å². The van der Waals surface area contributed by atoms with E-state index in [9.17, 15) is 22.8 Å². The number of nitrogens with one attached hydrogen (secondary N) is 2. The molecule has 7 nitrogen and oxygen atoms in total. The monoisotopic (exact) mass is 447 g/mol. The number of benzene rings is 1. The molecule has 154 valence electrons. The Balaban J connectivity index is 1.46. The number of fused-ring (bicyclic) bond motifs is 1. The molecule has 0 fully saturated rings. The summed E-state index contributed by atoms with van der Waals surface area (Å²) in [6.45, 7) is -0.0292. The molecule has 2 amide bonds. The van der Waals surface area contributed by atoms with Crippen LogP contribution in [-0.4, -0.2) is 35.3 Å². The van der Waals surface area contributed by atoms with Crippen molar-refractivity contribution in [3.05, 3.63) is 47.1 Å². The molecule has 1 aliphatic heterocycles. The Morgan fingerprint density at radius 3 is 2.66 bits per heavy atom. The highest BCUT2D eigenvalue weighted by atomic mass is 35.5. The number of amides is 2. The van der Waals surface area contributed by atoms with Crippen molar-refractivity contribution >= 4 is 35.2 Å². The number of ether oxygens (including phenoxy) is 2. The van der Waals surface area contributed by atoms with E-state index in [1.54, 1.807) is 24.3 Å². The zero-order valence-electron chi connectivity index (χ0n) is 14.5. The number of pyridine rings is 1. The van der Waals surface area contributed by atoms with E-state index in [0.29, 0.717) is 17.7 Å². The summed E-state index contributed by atoms with van der Waals surface area (Å²) < 4.78 is 48.7. The lowest BCUT2D eigenvalue weighted by molar-refractivity contribution is -0.138. The van der Waals surface area contributed by atoms with Gasteiger partial charge in [-0.15, -0.1) is 0 Å². The normalized spacial score (nSPS) is 15.5. The Hall–Kier alpha value is -2.66. The molecule has 0 bridgehead atoms. The molecule has 0 saturated heterocycles. The first-order chi connectivity index (χ1) is 13.7. The molecule has 0 aliphatic carbocycles. The topological polar surface area (TPSA) is 89.6 Å². The predicted molar refractivity (Wildman–Crippen MR) is 97.6 cm³/mol. The maximum absolute atomic E-state index is 12.6. The van der Waals surface area contributed by atoms with Crippen molar-refractivity contribution in [3.8, 4) is 11.5 Å². The molecule has 0 unspecified atom stereocenters. The molecule has 29 heavy (non-hydrogen) atoms. The number of rotatable bonds is 4. The SMILES string of the molecule is O=C(CSc1ncc(C(F)(F)F)cc1Cl)NNC(=O)[C@H]1COc2ccccc2O1. The first-order valence-electron chi connectivity index (χ1n) is 8.07. The number of hydrazine groups is 1. The molecule has 1 aromatic heterocycles. The van der Waals surface area contributed by atoms with Gasteiger partial charge in [0.15, 0.2) is 11.5 Å². The second-order valence-electron chi connectivity index (χ2n) is 5.70. The smallest absolute Gasteiger partial charge is 0.417 e. The molecule has 0 radical (unpaired) electrons. The highest BCUT2D eigenvalue weighted by Gasteiger charge is 2.32. The Morgan fingerprint density at radius 2 is 1.97 bits per heavy atom. The average molecular weight is 448 g/mol. The van der Waals surface area contributed by atoms with E-state index in [-0.39, 0.29) is 22.4 Å². The molecule has 1 aliphatic rings. The fourth-order valence-corrected chi connectivity index (χ4v) is 3.21. The minimum Gasteiger partial charge on any atom is -0.485 e. The van der Waals surface area contributed by atoms with Crippen LogP contribution in [0, 0.1) is 0 Å². The van der Waals surface area contributed by atoms with E-state index in [0.717, 1.165) is 17.8 Å². The van der Waals surface area contributed by atoms with Crippen LogP contribution in [0.2, 0.25) is 5.02 Å². The number of para-hydroxylation sites is 2. The maximum atomic E-state index is 12.6. The second kappa shape index (κ2) is 8.78. The fraction of sp³-hybridized carbons (Fsp3) is 0.235. The van der Waals surface area contributed by atoms with Crippen molar-refractivity contribution in [2.75, 3.05) is 12.4 Å².